The van der Waals surface area contributed by atoms with Gasteiger partial charge in [0.15, 0.2) is 0 Å². The van der Waals surface area contributed by atoms with E-state index < -0.39 is 0 Å². The lowest BCUT2D eigenvalue weighted by molar-refractivity contribution is 0.481. The zero-order valence-electron chi connectivity index (χ0n) is 8.88. The summed E-state index contributed by atoms with van der Waals surface area (Å²) in [5, 5.41) is 0. The minimum atomic E-state index is -0.0720. The van der Waals surface area contributed by atoms with Gasteiger partial charge in [-0.1, -0.05) is 12.2 Å². The Balaban J connectivity index is 3.49. The molecule has 0 spiro atoms. The first kappa shape index (κ1) is 12.2. The van der Waals surface area contributed by atoms with Gasteiger partial charge >= 0.3 is 0 Å². The third-order valence-electron chi connectivity index (χ3n) is 1.57. The molecule has 3 nitrogen and oxygen atoms in total. The fourth-order valence-corrected chi connectivity index (χ4v) is 0.844. The molecule has 0 rings (SSSR count). The number of hydrogen-bond acceptors (Lipinski definition) is 2. The smallest absolute Gasteiger partial charge is 0.0909 e. The van der Waals surface area contributed by atoms with Gasteiger partial charge in [0.1, 0.15) is 0 Å². The highest BCUT2D eigenvalue weighted by Gasteiger charge is 2.07. The van der Waals surface area contributed by atoms with Crippen LogP contribution in [0.5, 0.6) is 0 Å². The fraction of sp³-hybridized carbons (Fsp3) is 0.700. The fourth-order valence-electron chi connectivity index (χ4n) is 0.844. The molecule has 0 aromatic heterocycles. The first-order valence-corrected chi connectivity index (χ1v) is 4.62. The molecule has 0 unspecified atom stereocenters. The molecule has 0 aromatic rings. The van der Waals surface area contributed by atoms with E-state index in [9.17, 15) is 0 Å². The Hall–Kier alpha value is -0.830. The Morgan fingerprint density at radius 2 is 2.00 bits per heavy atom. The predicted octanol–water partition coefficient (Wildman–Crippen LogP) is 1.44. The number of amidine groups is 1. The monoisotopic (exact) mass is 183 g/mol. The van der Waals surface area contributed by atoms with Crippen molar-refractivity contribution in [2.75, 3.05) is 6.54 Å². The van der Waals surface area contributed by atoms with Crippen LogP contribution in [0.1, 0.15) is 33.6 Å². The molecular formula is C10H21N3. The third-order valence-corrected chi connectivity index (χ3v) is 1.57. The van der Waals surface area contributed by atoms with Crippen LogP contribution in [-0.2, 0) is 0 Å². The Bertz CT molecular complexity index is 183. The number of allylic oxidation sites excluding steroid dienone is 1. The summed E-state index contributed by atoms with van der Waals surface area (Å²) < 4.78 is 0. The molecule has 3 heteroatoms. The SMILES string of the molecule is CC(N)=NC/C=C/CCC(C)(C)N. The summed E-state index contributed by atoms with van der Waals surface area (Å²) in [5.74, 6) is 0.629. The molecule has 76 valence electrons. The van der Waals surface area contributed by atoms with E-state index in [-0.39, 0.29) is 5.54 Å². The van der Waals surface area contributed by atoms with Gasteiger partial charge in [0.2, 0.25) is 0 Å². The maximum atomic E-state index is 5.82. The number of rotatable bonds is 5. The molecule has 0 aliphatic carbocycles. The van der Waals surface area contributed by atoms with Crippen molar-refractivity contribution >= 4 is 5.84 Å². The molecular weight excluding hydrogens is 162 g/mol. The van der Waals surface area contributed by atoms with Gasteiger partial charge in [-0.15, -0.1) is 0 Å². The van der Waals surface area contributed by atoms with Gasteiger partial charge < -0.3 is 11.5 Å². The maximum absolute atomic E-state index is 5.82. The number of hydrogen-bond donors (Lipinski definition) is 2. The van der Waals surface area contributed by atoms with Crippen molar-refractivity contribution in [3.8, 4) is 0 Å². The molecule has 0 aliphatic rings. The largest absolute Gasteiger partial charge is 0.388 e. The molecule has 0 aliphatic heterocycles. The summed E-state index contributed by atoms with van der Waals surface area (Å²) in [6.07, 6.45) is 6.11. The quantitative estimate of drug-likeness (QED) is 0.385. The summed E-state index contributed by atoms with van der Waals surface area (Å²) in [7, 11) is 0. The van der Waals surface area contributed by atoms with Gasteiger partial charge in [-0.05, 0) is 33.6 Å². The molecule has 0 atom stereocenters. The van der Waals surface area contributed by atoms with Gasteiger partial charge in [-0.25, -0.2) is 0 Å². The molecule has 0 fully saturated rings. The van der Waals surface area contributed by atoms with Crippen molar-refractivity contribution in [2.24, 2.45) is 16.5 Å². The minimum Gasteiger partial charge on any atom is -0.388 e. The Morgan fingerprint density at radius 1 is 1.38 bits per heavy atom. The maximum Gasteiger partial charge on any atom is 0.0909 e. The summed E-state index contributed by atoms with van der Waals surface area (Å²) in [6.45, 7) is 6.52. The molecule has 0 heterocycles. The zero-order valence-corrected chi connectivity index (χ0v) is 8.88. The molecule has 0 saturated heterocycles. The second-order valence-electron chi connectivity index (χ2n) is 3.98. The topological polar surface area (TPSA) is 64.4 Å². The predicted molar refractivity (Wildman–Crippen MR) is 58.8 cm³/mol. The average Bonchev–Trinajstić information content (AvgIpc) is 1.93. The van der Waals surface area contributed by atoms with Crippen LogP contribution in [0.15, 0.2) is 17.1 Å². The third kappa shape index (κ3) is 11.2. The highest BCUT2D eigenvalue weighted by atomic mass is 14.8. The second kappa shape index (κ2) is 5.75. The van der Waals surface area contributed by atoms with Crippen molar-refractivity contribution in [1.82, 2.24) is 0 Å². The lowest BCUT2D eigenvalue weighted by atomic mass is 10.0. The highest BCUT2D eigenvalue weighted by Crippen LogP contribution is 2.06. The van der Waals surface area contributed by atoms with Crippen LogP contribution in [0.25, 0.3) is 0 Å². The van der Waals surface area contributed by atoms with Crippen LogP contribution >= 0.6 is 0 Å². The Labute approximate surface area is 80.9 Å². The van der Waals surface area contributed by atoms with Gasteiger partial charge in [0.25, 0.3) is 0 Å². The van der Waals surface area contributed by atoms with Crippen LogP contribution in [0.2, 0.25) is 0 Å². The Morgan fingerprint density at radius 3 is 2.46 bits per heavy atom. The molecule has 4 N–H and O–H groups in total. The lowest BCUT2D eigenvalue weighted by Crippen LogP contribution is -2.31. The van der Waals surface area contributed by atoms with E-state index in [4.69, 9.17) is 11.5 Å². The van der Waals surface area contributed by atoms with Crippen molar-refractivity contribution in [3.63, 3.8) is 0 Å². The van der Waals surface area contributed by atoms with Crippen LogP contribution in [0.4, 0.5) is 0 Å². The molecule has 0 amide bonds. The standard InChI is InChI=1S/C10H21N3/c1-9(11)13-8-6-4-5-7-10(2,3)12/h4,6H,5,7-8,12H2,1-3H3,(H2,11,13)/b6-4+. The van der Waals surface area contributed by atoms with E-state index in [2.05, 4.69) is 11.1 Å². The van der Waals surface area contributed by atoms with Crippen LogP contribution in [-0.4, -0.2) is 17.9 Å². The Kier molecular flexibility index (Phi) is 5.39. The first-order chi connectivity index (χ1) is 5.92. The van der Waals surface area contributed by atoms with E-state index in [1.54, 1.807) is 6.92 Å². The first-order valence-electron chi connectivity index (χ1n) is 4.62. The number of nitrogens with two attached hydrogens (primary N) is 2. The molecule has 0 saturated carbocycles. The number of nitrogens with zero attached hydrogens (tertiary/aromatic N) is 1. The van der Waals surface area contributed by atoms with Gasteiger partial charge in [-0.3, -0.25) is 4.99 Å². The summed E-state index contributed by atoms with van der Waals surface area (Å²) in [4.78, 5) is 4.03. The van der Waals surface area contributed by atoms with E-state index in [0.717, 1.165) is 12.8 Å². The van der Waals surface area contributed by atoms with E-state index in [1.807, 2.05) is 19.9 Å². The summed E-state index contributed by atoms with van der Waals surface area (Å²) >= 11 is 0. The van der Waals surface area contributed by atoms with Crippen LogP contribution < -0.4 is 11.5 Å². The van der Waals surface area contributed by atoms with Crippen LogP contribution in [0.3, 0.4) is 0 Å². The molecule has 0 radical (unpaired) electrons. The normalized spacial score (nSPS) is 14.0. The van der Waals surface area contributed by atoms with Gasteiger partial charge in [-0.2, -0.15) is 0 Å². The minimum absolute atomic E-state index is 0.0720. The summed E-state index contributed by atoms with van der Waals surface area (Å²) in [6, 6.07) is 0. The zero-order chi connectivity index (χ0) is 10.3. The number of aliphatic imine (C=N–C) groups is 1. The van der Waals surface area contributed by atoms with Crippen molar-refractivity contribution in [1.29, 1.82) is 0 Å². The molecule has 0 aromatic carbocycles. The van der Waals surface area contributed by atoms with E-state index in [1.165, 1.54) is 0 Å². The second-order valence-corrected chi connectivity index (χ2v) is 3.98. The highest BCUT2D eigenvalue weighted by molar-refractivity contribution is 5.77. The molecule has 13 heavy (non-hydrogen) atoms. The molecule has 0 bridgehead atoms. The van der Waals surface area contributed by atoms with Crippen molar-refractivity contribution in [3.05, 3.63) is 12.2 Å². The van der Waals surface area contributed by atoms with Crippen molar-refractivity contribution < 1.29 is 0 Å². The van der Waals surface area contributed by atoms with Crippen molar-refractivity contribution in [2.45, 2.75) is 39.2 Å². The lowest BCUT2D eigenvalue weighted by Gasteiger charge is -2.16. The van der Waals surface area contributed by atoms with E-state index in [0.29, 0.717) is 12.4 Å². The van der Waals surface area contributed by atoms with E-state index >= 15 is 0 Å². The summed E-state index contributed by atoms with van der Waals surface area (Å²) in [5.41, 5.74) is 11.1. The van der Waals surface area contributed by atoms with Crippen LogP contribution in [0, 0.1) is 0 Å². The average molecular weight is 183 g/mol. The van der Waals surface area contributed by atoms with Gasteiger partial charge in [0.05, 0.1) is 12.4 Å². The van der Waals surface area contributed by atoms with Gasteiger partial charge in [0, 0.05) is 5.54 Å².